The van der Waals surface area contributed by atoms with Gasteiger partial charge >= 0.3 is 0 Å². The normalized spacial score (nSPS) is 10.5. The summed E-state index contributed by atoms with van der Waals surface area (Å²) in [5.74, 6) is 1.44. The summed E-state index contributed by atoms with van der Waals surface area (Å²) < 4.78 is 5.25. The molecule has 110 valence electrons. The average Bonchev–Trinajstić information content (AvgIpc) is 2.55. The van der Waals surface area contributed by atoms with Crippen molar-refractivity contribution in [1.29, 1.82) is 0 Å². The summed E-state index contributed by atoms with van der Waals surface area (Å²) in [5, 5.41) is 4.09. The molecule has 0 aliphatic rings. The SMILES string of the molecule is COc1ccc2ncnc(Nc3cccc(C(C)=O)c3)c2c1. The van der Waals surface area contributed by atoms with E-state index in [0.29, 0.717) is 11.4 Å². The highest BCUT2D eigenvalue weighted by Crippen LogP contribution is 2.26. The maximum absolute atomic E-state index is 11.5. The Morgan fingerprint density at radius 3 is 2.77 bits per heavy atom. The highest BCUT2D eigenvalue weighted by Gasteiger charge is 2.07. The first-order valence-electron chi connectivity index (χ1n) is 6.84. The van der Waals surface area contributed by atoms with Gasteiger partial charge in [0.15, 0.2) is 5.78 Å². The van der Waals surface area contributed by atoms with Gasteiger partial charge in [-0.2, -0.15) is 0 Å². The Kier molecular flexibility index (Phi) is 3.70. The second-order valence-electron chi connectivity index (χ2n) is 4.87. The largest absolute Gasteiger partial charge is 0.497 e. The lowest BCUT2D eigenvalue weighted by molar-refractivity contribution is 0.101. The number of aromatic nitrogens is 2. The minimum absolute atomic E-state index is 0.0258. The van der Waals surface area contributed by atoms with Gasteiger partial charge in [-0.1, -0.05) is 12.1 Å². The van der Waals surface area contributed by atoms with Crippen LogP contribution >= 0.6 is 0 Å². The predicted octanol–water partition coefficient (Wildman–Crippen LogP) is 3.58. The van der Waals surface area contributed by atoms with Crippen molar-refractivity contribution in [2.24, 2.45) is 0 Å². The number of rotatable bonds is 4. The van der Waals surface area contributed by atoms with E-state index in [1.54, 1.807) is 26.2 Å². The number of nitrogens with zero attached hydrogens (tertiary/aromatic N) is 2. The Hall–Kier alpha value is -2.95. The number of ether oxygens (including phenoxy) is 1. The minimum atomic E-state index is 0.0258. The highest BCUT2D eigenvalue weighted by molar-refractivity contribution is 5.96. The van der Waals surface area contributed by atoms with Crippen LogP contribution in [0.1, 0.15) is 17.3 Å². The van der Waals surface area contributed by atoms with Crippen molar-refractivity contribution in [3.8, 4) is 5.75 Å². The second kappa shape index (κ2) is 5.81. The van der Waals surface area contributed by atoms with Crippen molar-refractivity contribution in [3.05, 3.63) is 54.4 Å². The quantitative estimate of drug-likeness (QED) is 0.745. The van der Waals surface area contributed by atoms with Crippen molar-refractivity contribution in [3.63, 3.8) is 0 Å². The van der Waals surface area contributed by atoms with Crippen molar-refractivity contribution >= 4 is 28.2 Å². The fourth-order valence-corrected chi connectivity index (χ4v) is 2.21. The predicted molar refractivity (Wildman–Crippen MR) is 85.8 cm³/mol. The number of Topliss-reactive ketones (excluding diaryl/α,β-unsaturated/α-hetero) is 1. The van der Waals surface area contributed by atoms with Crippen LogP contribution in [-0.2, 0) is 0 Å². The second-order valence-corrected chi connectivity index (χ2v) is 4.87. The maximum atomic E-state index is 11.5. The highest BCUT2D eigenvalue weighted by atomic mass is 16.5. The van der Waals surface area contributed by atoms with Crippen LogP contribution < -0.4 is 10.1 Å². The maximum Gasteiger partial charge on any atom is 0.159 e. The lowest BCUT2D eigenvalue weighted by Crippen LogP contribution is -1.98. The van der Waals surface area contributed by atoms with Gasteiger partial charge in [-0.05, 0) is 37.3 Å². The van der Waals surface area contributed by atoms with E-state index in [0.717, 1.165) is 22.3 Å². The summed E-state index contributed by atoms with van der Waals surface area (Å²) in [5.41, 5.74) is 2.28. The van der Waals surface area contributed by atoms with Gasteiger partial charge in [-0.15, -0.1) is 0 Å². The number of methoxy groups -OCH3 is 1. The van der Waals surface area contributed by atoms with Crippen molar-refractivity contribution in [2.75, 3.05) is 12.4 Å². The first-order chi connectivity index (χ1) is 10.7. The molecule has 5 nitrogen and oxygen atoms in total. The van der Waals surface area contributed by atoms with Crippen LogP contribution in [0.3, 0.4) is 0 Å². The van der Waals surface area contributed by atoms with Crippen LogP contribution in [0.5, 0.6) is 5.75 Å². The number of hydrogen-bond acceptors (Lipinski definition) is 5. The third-order valence-electron chi connectivity index (χ3n) is 3.37. The molecule has 0 amide bonds. The van der Waals surface area contributed by atoms with Gasteiger partial charge < -0.3 is 10.1 Å². The van der Waals surface area contributed by atoms with Gasteiger partial charge in [-0.3, -0.25) is 4.79 Å². The molecule has 0 bridgehead atoms. The van der Waals surface area contributed by atoms with Gasteiger partial charge in [0.2, 0.25) is 0 Å². The number of nitrogens with one attached hydrogen (secondary N) is 1. The molecular formula is C17H15N3O2. The molecule has 0 saturated carbocycles. The summed E-state index contributed by atoms with van der Waals surface area (Å²) in [6, 6.07) is 12.9. The third-order valence-corrected chi connectivity index (χ3v) is 3.37. The first kappa shape index (κ1) is 14.0. The van der Waals surface area contributed by atoms with E-state index in [9.17, 15) is 4.79 Å². The summed E-state index contributed by atoms with van der Waals surface area (Å²) in [7, 11) is 1.62. The molecule has 0 aliphatic carbocycles. The average molecular weight is 293 g/mol. The van der Waals surface area contributed by atoms with Crippen molar-refractivity contribution in [1.82, 2.24) is 9.97 Å². The molecule has 22 heavy (non-hydrogen) atoms. The lowest BCUT2D eigenvalue weighted by atomic mass is 10.1. The number of carbonyl (C=O) groups excluding carboxylic acids is 1. The van der Waals surface area contributed by atoms with E-state index >= 15 is 0 Å². The molecule has 0 unspecified atom stereocenters. The van der Waals surface area contributed by atoms with Crippen LogP contribution in [-0.4, -0.2) is 22.9 Å². The van der Waals surface area contributed by atoms with E-state index in [-0.39, 0.29) is 5.78 Å². The zero-order chi connectivity index (χ0) is 15.5. The topological polar surface area (TPSA) is 64.1 Å². The zero-order valence-corrected chi connectivity index (χ0v) is 12.3. The van der Waals surface area contributed by atoms with E-state index in [1.165, 1.54) is 6.33 Å². The molecule has 0 saturated heterocycles. The minimum Gasteiger partial charge on any atom is -0.497 e. The monoisotopic (exact) mass is 293 g/mol. The molecular weight excluding hydrogens is 278 g/mol. The van der Waals surface area contributed by atoms with E-state index in [2.05, 4.69) is 15.3 Å². The van der Waals surface area contributed by atoms with Crippen LogP contribution in [0.2, 0.25) is 0 Å². The molecule has 3 rings (SSSR count). The molecule has 5 heteroatoms. The fraction of sp³-hybridized carbons (Fsp3) is 0.118. The standard InChI is InChI=1S/C17H15N3O2/c1-11(21)12-4-3-5-13(8-12)20-17-15-9-14(22-2)6-7-16(15)18-10-19-17/h3-10H,1-2H3,(H,18,19,20). The number of benzene rings is 2. The molecule has 2 aromatic carbocycles. The molecule has 0 spiro atoms. The van der Waals surface area contributed by atoms with Crippen molar-refractivity contribution in [2.45, 2.75) is 6.92 Å². The molecule has 3 aromatic rings. The fourth-order valence-electron chi connectivity index (χ4n) is 2.21. The lowest BCUT2D eigenvalue weighted by Gasteiger charge is -2.10. The number of anilines is 2. The van der Waals surface area contributed by atoms with Gasteiger partial charge in [0.05, 0.1) is 12.6 Å². The van der Waals surface area contributed by atoms with Crippen LogP contribution in [0.25, 0.3) is 10.9 Å². The van der Waals surface area contributed by atoms with E-state index < -0.39 is 0 Å². The van der Waals surface area contributed by atoms with Crippen molar-refractivity contribution < 1.29 is 9.53 Å². The Morgan fingerprint density at radius 2 is 2.00 bits per heavy atom. The zero-order valence-electron chi connectivity index (χ0n) is 12.3. The molecule has 0 aliphatic heterocycles. The van der Waals surface area contributed by atoms with Crippen LogP contribution in [0.15, 0.2) is 48.8 Å². The van der Waals surface area contributed by atoms with E-state index in [1.807, 2.05) is 30.3 Å². The molecule has 0 atom stereocenters. The molecule has 1 N–H and O–H groups in total. The van der Waals surface area contributed by atoms with Gasteiger partial charge in [0.1, 0.15) is 17.9 Å². The number of ketones is 1. The molecule has 0 fully saturated rings. The Bertz CT molecular complexity index is 846. The summed E-state index contributed by atoms with van der Waals surface area (Å²) in [4.78, 5) is 20.0. The summed E-state index contributed by atoms with van der Waals surface area (Å²) >= 11 is 0. The van der Waals surface area contributed by atoms with Gasteiger partial charge in [-0.25, -0.2) is 9.97 Å². The number of hydrogen-bond donors (Lipinski definition) is 1. The van der Waals surface area contributed by atoms with E-state index in [4.69, 9.17) is 4.74 Å². The Balaban J connectivity index is 2.03. The summed E-state index contributed by atoms with van der Waals surface area (Å²) in [6.45, 7) is 1.55. The third kappa shape index (κ3) is 2.74. The molecule has 1 aromatic heterocycles. The number of carbonyl (C=O) groups is 1. The molecule has 1 heterocycles. The molecule has 0 radical (unpaired) electrons. The summed E-state index contributed by atoms with van der Waals surface area (Å²) in [6.07, 6.45) is 1.51. The van der Waals surface area contributed by atoms with Gasteiger partial charge in [0, 0.05) is 16.6 Å². The number of fused-ring (bicyclic) bond motifs is 1. The smallest absolute Gasteiger partial charge is 0.159 e. The van der Waals surface area contributed by atoms with Crippen LogP contribution in [0.4, 0.5) is 11.5 Å². The van der Waals surface area contributed by atoms with Crippen LogP contribution in [0, 0.1) is 0 Å². The Morgan fingerprint density at radius 1 is 1.14 bits per heavy atom. The Labute approximate surface area is 128 Å². The first-order valence-corrected chi connectivity index (χ1v) is 6.84. The van der Waals surface area contributed by atoms with Gasteiger partial charge in [0.25, 0.3) is 0 Å².